The number of hydrazine groups is 1. The van der Waals surface area contributed by atoms with E-state index >= 15 is 0 Å². The SMILES string of the molecule is NNC(=O)[C@H]1CC12CCOCC2. The van der Waals surface area contributed by atoms with E-state index in [0.717, 1.165) is 32.5 Å². The van der Waals surface area contributed by atoms with Crippen molar-refractivity contribution in [3.8, 4) is 0 Å². The van der Waals surface area contributed by atoms with Crippen LogP contribution in [0.1, 0.15) is 19.3 Å². The molecule has 1 saturated carbocycles. The minimum atomic E-state index is -0.00287. The van der Waals surface area contributed by atoms with Crippen molar-refractivity contribution < 1.29 is 9.53 Å². The second-order valence-corrected chi connectivity index (χ2v) is 3.74. The van der Waals surface area contributed by atoms with Crippen LogP contribution in [0.3, 0.4) is 0 Å². The normalized spacial score (nSPS) is 31.6. The lowest BCUT2D eigenvalue weighted by Crippen LogP contribution is -2.34. The van der Waals surface area contributed by atoms with Gasteiger partial charge in [-0.25, -0.2) is 5.84 Å². The Kier molecular flexibility index (Phi) is 1.81. The van der Waals surface area contributed by atoms with E-state index in [1.54, 1.807) is 0 Å². The Labute approximate surface area is 71.4 Å². The molecule has 1 saturated heterocycles. The van der Waals surface area contributed by atoms with Crippen LogP contribution in [0.5, 0.6) is 0 Å². The molecular weight excluding hydrogens is 156 g/mol. The van der Waals surface area contributed by atoms with Gasteiger partial charge < -0.3 is 4.74 Å². The number of ether oxygens (including phenoxy) is 1. The van der Waals surface area contributed by atoms with E-state index in [0.29, 0.717) is 0 Å². The van der Waals surface area contributed by atoms with Gasteiger partial charge in [0.2, 0.25) is 5.91 Å². The number of nitrogens with two attached hydrogens (primary N) is 1. The zero-order valence-electron chi connectivity index (χ0n) is 7.01. The zero-order valence-corrected chi connectivity index (χ0v) is 7.01. The summed E-state index contributed by atoms with van der Waals surface area (Å²) in [6, 6.07) is 0. The van der Waals surface area contributed by atoms with Crippen molar-refractivity contribution in [2.24, 2.45) is 17.2 Å². The van der Waals surface area contributed by atoms with E-state index in [4.69, 9.17) is 10.6 Å². The largest absolute Gasteiger partial charge is 0.381 e. The van der Waals surface area contributed by atoms with Gasteiger partial charge in [-0.05, 0) is 24.7 Å². The standard InChI is InChI=1S/C8H14N2O2/c9-10-7(11)6-5-8(6)1-3-12-4-2-8/h6H,1-5,9H2,(H,10,11)/t6-/m1/s1. The highest BCUT2D eigenvalue weighted by Crippen LogP contribution is 2.58. The fraction of sp³-hybridized carbons (Fsp3) is 0.875. The van der Waals surface area contributed by atoms with Crippen LogP contribution in [0.15, 0.2) is 0 Å². The number of carbonyl (C=O) groups is 1. The molecule has 1 heterocycles. The van der Waals surface area contributed by atoms with Crippen molar-refractivity contribution in [3.63, 3.8) is 0 Å². The van der Waals surface area contributed by atoms with Crippen LogP contribution in [0.4, 0.5) is 0 Å². The first-order valence-corrected chi connectivity index (χ1v) is 4.37. The van der Waals surface area contributed by atoms with Gasteiger partial charge in [0, 0.05) is 19.1 Å². The molecule has 1 amide bonds. The average molecular weight is 170 g/mol. The van der Waals surface area contributed by atoms with Crippen LogP contribution in [0.2, 0.25) is 0 Å². The average Bonchev–Trinajstić information content (AvgIpc) is 2.80. The third-order valence-electron chi connectivity index (χ3n) is 3.14. The van der Waals surface area contributed by atoms with Crippen molar-refractivity contribution in [1.29, 1.82) is 0 Å². The molecule has 2 rings (SSSR count). The monoisotopic (exact) mass is 170 g/mol. The van der Waals surface area contributed by atoms with E-state index in [9.17, 15) is 4.79 Å². The van der Waals surface area contributed by atoms with Gasteiger partial charge in [0.15, 0.2) is 0 Å². The minimum absolute atomic E-state index is 0.00287. The van der Waals surface area contributed by atoms with Gasteiger partial charge in [-0.1, -0.05) is 0 Å². The first-order chi connectivity index (χ1) is 5.78. The summed E-state index contributed by atoms with van der Waals surface area (Å²) in [5, 5.41) is 0. The molecule has 4 heteroatoms. The molecule has 0 bridgehead atoms. The molecule has 1 aliphatic carbocycles. The van der Waals surface area contributed by atoms with Crippen LogP contribution < -0.4 is 11.3 Å². The van der Waals surface area contributed by atoms with Gasteiger partial charge in [0.1, 0.15) is 0 Å². The maximum Gasteiger partial charge on any atom is 0.237 e. The number of hydrogen-bond acceptors (Lipinski definition) is 3. The fourth-order valence-electron chi connectivity index (χ4n) is 2.15. The zero-order chi connectivity index (χ0) is 8.60. The number of nitrogens with one attached hydrogen (secondary N) is 1. The van der Waals surface area contributed by atoms with Gasteiger partial charge in [-0.2, -0.15) is 0 Å². The summed E-state index contributed by atoms with van der Waals surface area (Å²) in [5.74, 6) is 5.23. The lowest BCUT2D eigenvalue weighted by molar-refractivity contribution is -0.123. The molecule has 12 heavy (non-hydrogen) atoms. The number of rotatable bonds is 1. The summed E-state index contributed by atoms with van der Waals surface area (Å²) in [7, 11) is 0. The Hall–Kier alpha value is -0.610. The van der Waals surface area contributed by atoms with Gasteiger partial charge in [0.05, 0.1) is 0 Å². The van der Waals surface area contributed by atoms with Crippen LogP contribution in [-0.2, 0) is 9.53 Å². The molecule has 2 fully saturated rings. The quantitative estimate of drug-likeness (QED) is 0.325. The van der Waals surface area contributed by atoms with E-state index in [1.807, 2.05) is 0 Å². The summed E-state index contributed by atoms with van der Waals surface area (Å²) in [6.45, 7) is 1.60. The number of hydrogen-bond donors (Lipinski definition) is 2. The number of amides is 1. The van der Waals surface area contributed by atoms with Crippen molar-refractivity contribution in [3.05, 3.63) is 0 Å². The summed E-state index contributed by atoms with van der Waals surface area (Å²) in [4.78, 5) is 11.2. The fourth-order valence-corrected chi connectivity index (χ4v) is 2.15. The predicted molar refractivity (Wildman–Crippen MR) is 42.9 cm³/mol. The van der Waals surface area contributed by atoms with Crippen molar-refractivity contribution in [2.75, 3.05) is 13.2 Å². The molecular formula is C8H14N2O2. The smallest absolute Gasteiger partial charge is 0.237 e. The van der Waals surface area contributed by atoms with Crippen LogP contribution in [-0.4, -0.2) is 19.1 Å². The summed E-state index contributed by atoms with van der Waals surface area (Å²) >= 11 is 0. The van der Waals surface area contributed by atoms with Crippen LogP contribution in [0.25, 0.3) is 0 Å². The highest BCUT2D eigenvalue weighted by Gasteiger charge is 2.57. The Morgan fingerprint density at radius 1 is 1.50 bits per heavy atom. The highest BCUT2D eigenvalue weighted by atomic mass is 16.5. The molecule has 2 aliphatic rings. The van der Waals surface area contributed by atoms with Crippen LogP contribution in [0, 0.1) is 11.3 Å². The Morgan fingerprint density at radius 3 is 2.75 bits per heavy atom. The molecule has 1 atom stereocenters. The van der Waals surface area contributed by atoms with Gasteiger partial charge >= 0.3 is 0 Å². The lowest BCUT2D eigenvalue weighted by Gasteiger charge is -2.22. The summed E-state index contributed by atoms with van der Waals surface area (Å²) in [5.41, 5.74) is 2.47. The second-order valence-electron chi connectivity index (χ2n) is 3.74. The lowest BCUT2D eigenvalue weighted by atomic mass is 9.94. The minimum Gasteiger partial charge on any atom is -0.381 e. The summed E-state index contributed by atoms with van der Waals surface area (Å²) in [6.07, 6.45) is 3.04. The van der Waals surface area contributed by atoms with Gasteiger partial charge in [0.25, 0.3) is 0 Å². The van der Waals surface area contributed by atoms with E-state index in [1.165, 1.54) is 0 Å². The molecule has 1 spiro atoms. The molecule has 0 unspecified atom stereocenters. The molecule has 3 N–H and O–H groups in total. The first kappa shape index (κ1) is 8.01. The Bertz CT molecular complexity index is 199. The van der Waals surface area contributed by atoms with Crippen molar-refractivity contribution in [2.45, 2.75) is 19.3 Å². The van der Waals surface area contributed by atoms with E-state index in [2.05, 4.69) is 5.43 Å². The van der Waals surface area contributed by atoms with Gasteiger partial charge in [-0.15, -0.1) is 0 Å². The molecule has 0 aromatic carbocycles. The van der Waals surface area contributed by atoms with Crippen molar-refractivity contribution in [1.82, 2.24) is 5.43 Å². The third-order valence-corrected chi connectivity index (χ3v) is 3.14. The molecule has 1 aliphatic heterocycles. The highest BCUT2D eigenvalue weighted by molar-refractivity contribution is 5.81. The van der Waals surface area contributed by atoms with Gasteiger partial charge in [-0.3, -0.25) is 10.2 Å². The number of carbonyl (C=O) groups excluding carboxylic acids is 1. The third kappa shape index (κ3) is 1.11. The van der Waals surface area contributed by atoms with E-state index < -0.39 is 0 Å². The Morgan fingerprint density at radius 2 is 2.17 bits per heavy atom. The topological polar surface area (TPSA) is 64.3 Å². The van der Waals surface area contributed by atoms with E-state index in [-0.39, 0.29) is 17.2 Å². The maximum atomic E-state index is 11.2. The van der Waals surface area contributed by atoms with Crippen molar-refractivity contribution >= 4 is 5.91 Å². The molecule has 4 nitrogen and oxygen atoms in total. The predicted octanol–water partition coefficient (Wildman–Crippen LogP) is -0.207. The maximum absolute atomic E-state index is 11.2. The molecule has 0 radical (unpaired) electrons. The summed E-state index contributed by atoms with van der Waals surface area (Å²) < 4.78 is 5.24. The second kappa shape index (κ2) is 2.71. The molecule has 68 valence electrons. The molecule has 0 aromatic heterocycles. The first-order valence-electron chi connectivity index (χ1n) is 4.37. The molecule has 0 aromatic rings. The Balaban J connectivity index is 1.95. The van der Waals surface area contributed by atoms with Crippen LogP contribution >= 0.6 is 0 Å².